The van der Waals surface area contributed by atoms with E-state index in [2.05, 4.69) is 30.0 Å². The highest BCUT2D eigenvalue weighted by Gasteiger charge is 2.27. The van der Waals surface area contributed by atoms with Crippen LogP contribution in [0.1, 0.15) is 24.8 Å². The maximum absolute atomic E-state index is 5.84. The van der Waals surface area contributed by atoms with Gasteiger partial charge in [-0.05, 0) is 18.4 Å². The maximum Gasteiger partial charge on any atom is 0.111 e. The maximum atomic E-state index is 5.84. The molecule has 14 heavy (non-hydrogen) atoms. The molecule has 0 saturated heterocycles. The predicted molar refractivity (Wildman–Crippen MR) is 55.5 cm³/mol. The monoisotopic (exact) mass is 192 g/mol. The topological polar surface area (TPSA) is 36.9 Å². The van der Waals surface area contributed by atoms with Gasteiger partial charge in [0.2, 0.25) is 0 Å². The summed E-state index contributed by atoms with van der Waals surface area (Å²) in [5.74, 6) is 0. The molecule has 2 rings (SSSR count). The van der Waals surface area contributed by atoms with E-state index in [0.717, 1.165) is 6.61 Å². The smallest absolute Gasteiger partial charge is 0.111 e. The quantitative estimate of drug-likeness (QED) is 0.771. The van der Waals surface area contributed by atoms with E-state index in [4.69, 9.17) is 4.74 Å². The minimum absolute atomic E-state index is 0.384. The van der Waals surface area contributed by atoms with Gasteiger partial charge in [-0.1, -0.05) is 30.3 Å². The summed E-state index contributed by atoms with van der Waals surface area (Å²) in [4.78, 5) is 0. The third-order valence-electron chi connectivity index (χ3n) is 2.90. The Bertz CT molecular complexity index is 273. The molecule has 1 aliphatic carbocycles. The van der Waals surface area contributed by atoms with Crippen LogP contribution in [0, 0.1) is 0 Å². The zero-order chi connectivity index (χ0) is 9.80. The normalized spacial score (nSPS) is 26.6. The predicted octanol–water partition coefficient (Wildman–Crippen LogP) is 1.37. The lowest BCUT2D eigenvalue weighted by molar-refractivity contribution is -0.434. The van der Waals surface area contributed by atoms with Crippen LogP contribution in [0.2, 0.25) is 0 Å². The molecule has 0 aromatic heterocycles. The fourth-order valence-electron chi connectivity index (χ4n) is 2.00. The highest BCUT2D eigenvalue weighted by Crippen LogP contribution is 2.20. The Hall–Kier alpha value is -0.860. The minimum atomic E-state index is 0.384. The second-order valence-electron chi connectivity index (χ2n) is 4.03. The Kier molecular flexibility index (Phi) is 3.17. The van der Waals surface area contributed by atoms with Gasteiger partial charge in [0.15, 0.2) is 0 Å². The Morgan fingerprint density at radius 3 is 2.64 bits per heavy atom. The fraction of sp³-hybridized carbons (Fsp3) is 0.500. The molecule has 76 valence electrons. The first-order valence-corrected chi connectivity index (χ1v) is 5.35. The van der Waals surface area contributed by atoms with Crippen LogP contribution >= 0.6 is 0 Å². The Morgan fingerprint density at radius 1 is 1.21 bits per heavy atom. The third kappa shape index (κ3) is 2.34. The summed E-state index contributed by atoms with van der Waals surface area (Å²) in [5.41, 5.74) is 5.36. The van der Waals surface area contributed by atoms with Crippen molar-refractivity contribution in [2.24, 2.45) is 0 Å². The van der Waals surface area contributed by atoms with E-state index < -0.39 is 0 Å². The number of quaternary nitrogens is 1. The standard InChI is InChI=1S/C12H17NO/c13-11-7-4-8-12(11)14-9-10-5-2-1-3-6-10/h1-3,5-6,11-12H,4,7-9,13H2/p+1/t11-,12-/m0/s1. The summed E-state index contributed by atoms with van der Waals surface area (Å²) in [7, 11) is 0. The molecule has 2 nitrogen and oxygen atoms in total. The van der Waals surface area contributed by atoms with Gasteiger partial charge in [0.25, 0.3) is 0 Å². The van der Waals surface area contributed by atoms with Crippen molar-refractivity contribution < 1.29 is 10.5 Å². The van der Waals surface area contributed by atoms with Crippen LogP contribution in [-0.2, 0) is 11.3 Å². The Morgan fingerprint density at radius 2 is 2.00 bits per heavy atom. The summed E-state index contributed by atoms with van der Waals surface area (Å²) in [5, 5.41) is 0. The van der Waals surface area contributed by atoms with Crippen molar-refractivity contribution in [1.82, 2.24) is 0 Å². The van der Waals surface area contributed by atoms with Crippen LogP contribution in [0.15, 0.2) is 30.3 Å². The highest BCUT2D eigenvalue weighted by atomic mass is 16.5. The zero-order valence-corrected chi connectivity index (χ0v) is 8.49. The molecule has 0 amide bonds. The number of hydrogen-bond donors (Lipinski definition) is 1. The van der Waals surface area contributed by atoms with Crippen molar-refractivity contribution in [2.75, 3.05) is 0 Å². The Balaban J connectivity index is 1.82. The zero-order valence-electron chi connectivity index (χ0n) is 8.49. The summed E-state index contributed by atoms with van der Waals surface area (Å²) in [6, 6.07) is 10.8. The second kappa shape index (κ2) is 4.58. The molecule has 1 aromatic carbocycles. The molecule has 0 unspecified atom stereocenters. The number of ether oxygens (including phenoxy) is 1. The van der Waals surface area contributed by atoms with Gasteiger partial charge >= 0.3 is 0 Å². The van der Waals surface area contributed by atoms with E-state index in [1.54, 1.807) is 0 Å². The van der Waals surface area contributed by atoms with E-state index in [1.165, 1.54) is 24.8 Å². The first-order chi connectivity index (χ1) is 6.86. The van der Waals surface area contributed by atoms with Crippen LogP contribution in [0.5, 0.6) is 0 Å². The SMILES string of the molecule is [NH3+][C@H]1CCC[C@@H]1OCc1ccccc1. The molecule has 0 bridgehead atoms. The molecule has 0 radical (unpaired) electrons. The molecule has 0 aliphatic heterocycles. The van der Waals surface area contributed by atoms with Gasteiger partial charge in [-0.25, -0.2) is 0 Å². The van der Waals surface area contributed by atoms with Crippen LogP contribution in [0.25, 0.3) is 0 Å². The summed E-state index contributed by atoms with van der Waals surface area (Å²) >= 11 is 0. The van der Waals surface area contributed by atoms with Crippen LogP contribution in [0.3, 0.4) is 0 Å². The van der Waals surface area contributed by atoms with Crippen molar-refractivity contribution in [1.29, 1.82) is 0 Å². The molecule has 1 saturated carbocycles. The average Bonchev–Trinajstić information content (AvgIpc) is 2.63. The highest BCUT2D eigenvalue weighted by molar-refractivity contribution is 5.13. The largest absolute Gasteiger partial charge is 0.367 e. The Labute approximate surface area is 85.1 Å². The molecule has 1 aliphatic rings. The molecule has 3 N–H and O–H groups in total. The molecule has 2 heteroatoms. The molecular formula is C12H18NO+. The lowest BCUT2D eigenvalue weighted by Crippen LogP contribution is -2.64. The molecule has 1 aromatic rings. The van der Waals surface area contributed by atoms with Gasteiger partial charge in [-0.3, -0.25) is 0 Å². The van der Waals surface area contributed by atoms with Gasteiger partial charge in [0.1, 0.15) is 12.1 Å². The van der Waals surface area contributed by atoms with E-state index in [-0.39, 0.29) is 0 Å². The van der Waals surface area contributed by atoms with Crippen molar-refractivity contribution in [2.45, 2.75) is 38.0 Å². The van der Waals surface area contributed by atoms with Crippen molar-refractivity contribution in [3.8, 4) is 0 Å². The second-order valence-corrected chi connectivity index (χ2v) is 4.03. The van der Waals surface area contributed by atoms with Gasteiger partial charge in [0, 0.05) is 6.42 Å². The summed E-state index contributed by atoms with van der Waals surface area (Å²) in [6.45, 7) is 0.734. The van der Waals surface area contributed by atoms with E-state index in [9.17, 15) is 0 Å². The average molecular weight is 192 g/mol. The van der Waals surface area contributed by atoms with Crippen LogP contribution in [0.4, 0.5) is 0 Å². The lowest BCUT2D eigenvalue weighted by Gasteiger charge is -2.13. The van der Waals surface area contributed by atoms with Gasteiger partial charge in [0.05, 0.1) is 6.61 Å². The number of rotatable bonds is 3. The minimum Gasteiger partial charge on any atom is -0.367 e. The van der Waals surface area contributed by atoms with Gasteiger partial charge in [-0.15, -0.1) is 0 Å². The first kappa shape index (κ1) is 9.69. The lowest BCUT2D eigenvalue weighted by atomic mass is 10.2. The number of hydrogen-bond acceptors (Lipinski definition) is 1. The van der Waals surface area contributed by atoms with Crippen molar-refractivity contribution >= 4 is 0 Å². The van der Waals surface area contributed by atoms with Crippen molar-refractivity contribution in [3.63, 3.8) is 0 Å². The van der Waals surface area contributed by atoms with Crippen molar-refractivity contribution in [3.05, 3.63) is 35.9 Å². The van der Waals surface area contributed by atoms with Gasteiger partial charge in [-0.2, -0.15) is 0 Å². The molecular weight excluding hydrogens is 174 g/mol. The van der Waals surface area contributed by atoms with Crippen LogP contribution in [-0.4, -0.2) is 12.1 Å². The molecule has 0 spiro atoms. The first-order valence-electron chi connectivity index (χ1n) is 5.35. The summed E-state index contributed by atoms with van der Waals surface area (Å²) in [6.07, 6.45) is 4.06. The van der Waals surface area contributed by atoms with Gasteiger partial charge < -0.3 is 10.5 Å². The van der Waals surface area contributed by atoms with E-state index >= 15 is 0 Å². The molecule has 2 atom stereocenters. The fourth-order valence-corrected chi connectivity index (χ4v) is 2.00. The number of benzene rings is 1. The third-order valence-corrected chi connectivity index (χ3v) is 2.90. The van der Waals surface area contributed by atoms with E-state index in [0.29, 0.717) is 12.1 Å². The molecule has 1 fully saturated rings. The van der Waals surface area contributed by atoms with Crippen LogP contribution < -0.4 is 5.73 Å². The molecule has 0 heterocycles. The van der Waals surface area contributed by atoms with E-state index in [1.807, 2.05) is 6.07 Å². The summed E-state index contributed by atoms with van der Waals surface area (Å²) < 4.78 is 5.84.